The molecule has 3 aliphatic carbocycles. The molecule has 0 aromatic heterocycles. The molecule has 4 aliphatic rings. The molecule has 8 atom stereocenters. The molecule has 2 bridgehead atoms. The molecular formula is C29H38O7. The maximum atomic E-state index is 13.9. The van der Waals surface area contributed by atoms with Gasteiger partial charge in [-0.1, -0.05) is 44.2 Å². The van der Waals surface area contributed by atoms with Crippen LogP contribution in [0, 0.1) is 22.7 Å². The van der Waals surface area contributed by atoms with E-state index in [9.17, 15) is 24.9 Å². The Labute approximate surface area is 212 Å². The number of esters is 1. The van der Waals surface area contributed by atoms with Gasteiger partial charge in [0.05, 0.1) is 29.8 Å². The molecule has 2 saturated carbocycles. The van der Waals surface area contributed by atoms with Gasteiger partial charge in [-0.05, 0) is 49.3 Å². The zero-order chi connectivity index (χ0) is 26.0. The Hall–Kier alpha value is -2.06. The molecule has 0 radical (unpaired) electrons. The number of aliphatic hydroxyl groups excluding tert-OH is 2. The van der Waals surface area contributed by atoms with E-state index >= 15 is 0 Å². The van der Waals surface area contributed by atoms with E-state index in [1.807, 2.05) is 44.2 Å². The average molecular weight is 499 g/mol. The second kappa shape index (κ2) is 8.76. The van der Waals surface area contributed by atoms with Crippen molar-refractivity contribution in [3.63, 3.8) is 0 Å². The van der Waals surface area contributed by atoms with Crippen LogP contribution in [0.4, 0.5) is 0 Å². The topological polar surface area (TPSA) is 113 Å². The van der Waals surface area contributed by atoms with E-state index in [4.69, 9.17) is 9.47 Å². The van der Waals surface area contributed by atoms with Gasteiger partial charge in [-0.3, -0.25) is 9.59 Å². The van der Waals surface area contributed by atoms with Gasteiger partial charge in [0.2, 0.25) is 0 Å². The molecule has 36 heavy (non-hydrogen) atoms. The largest absolute Gasteiger partial charge is 0.458 e. The molecule has 0 amide bonds. The quantitative estimate of drug-likeness (QED) is 0.432. The minimum absolute atomic E-state index is 0.0230. The predicted octanol–water partition coefficient (Wildman–Crippen LogP) is 2.74. The molecule has 0 spiro atoms. The van der Waals surface area contributed by atoms with Crippen molar-refractivity contribution in [1.29, 1.82) is 0 Å². The number of Topliss-reactive ketones (excluding diaryl/α,β-unsaturated/α-hetero) is 1. The van der Waals surface area contributed by atoms with Crippen molar-refractivity contribution in [2.24, 2.45) is 22.7 Å². The number of rotatable bonds is 4. The van der Waals surface area contributed by atoms with Gasteiger partial charge in [0, 0.05) is 30.6 Å². The lowest BCUT2D eigenvalue weighted by Gasteiger charge is -2.62. The number of carbonyl (C=O) groups is 2. The fourth-order valence-corrected chi connectivity index (χ4v) is 7.38. The summed E-state index contributed by atoms with van der Waals surface area (Å²) >= 11 is 0. The van der Waals surface area contributed by atoms with Crippen molar-refractivity contribution in [3.05, 3.63) is 47.0 Å². The van der Waals surface area contributed by atoms with Gasteiger partial charge in [-0.2, -0.15) is 0 Å². The average Bonchev–Trinajstić information content (AvgIpc) is 2.81. The van der Waals surface area contributed by atoms with Crippen LogP contribution >= 0.6 is 0 Å². The molecule has 3 N–H and O–H groups in total. The summed E-state index contributed by atoms with van der Waals surface area (Å²) < 4.78 is 11.6. The number of ether oxygens (including phenoxy) is 2. The summed E-state index contributed by atoms with van der Waals surface area (Å²) in [5.41, 5.74) is -1.43. The first-order chi connectivity index (χ1) is 16.9. The molecule has 1 heterocycles. The van der Waals surface area contributed by atoms with E-state index < -0.39 is 40.5 Å². The molecule has 1 aromatic carbocycles. The molecule has 7 heteroatoms. The Morgan fingerprint density at radius 2 is 1.83 bits per heavy atom. The fourth-order valence-electron chi connectivity index (χ4n) is 7.38. The zero-order valence-corrected chi connectivity index (χ0v) is 21.6. The summed E-state index contributed by atoms with van der Waals surface area (Å²) in [5.74, 6) is -1.14. The van der Waals surface area contributed by atoms with E-state index in [0.29, 0.717) is 30.6 Å². The second-order valence-electron chi connectivity index (χ2n) is 12.1. The van der Waals surface area contributed by atoms with Crippen molar-refractivity contribution in [1.82, 2.24) is 0 Å². The summed E-state index contributed by atoms with van der Waals surface area (Å²) in [5, 5.41) is 34.8. The lowest BCUT2D eigenvalue weighted by Crippen LogP contribution is -2.69. The van der Waals surface area contributed by atoms with E-state index in [1.54, 1.807) is 13.8 Å². The van der Waals surface area contributed by atoms with Crippen molar-refractivity contribution >= 4 is 11.8 Å². The van der Waals surface area contributed by atoms with Gasteiger partial charge in [-0.15, -0.1) is 0 Å². The van der Waals surface area contributed by atoms with Gasteiger partial charge in [0.15, 0.2) is 5.78 Å². The Morgan fingerprint density at radius 1 is 1.14 bits per heavy atom. The number of hydrogen-bond acceptors (Lipinski definition) is 7. The van der Waals surface area contributed by atoms with Crippen LogP contribution in [0.5, 0.6) is 0 Å². The minimum Gasteiger partial charge on any atom is -0.458 e. The van der Waals surface area contributed by atoms with Crippen molar-refractivity contribution < 1.29 is 34.4 Å². The molecule has 3 fully saturated rings. The monoisotopic (exact) mass is 498 g/mol. The van der Waals surface area contributed by atoms with Crippen LogP contribution in [0.1, 0.15) is 58.9 Å². The van der Waals surface area contributed by atoms with Crippen LogP contribution in [0.25, 0.3) is 0 Å². The Balaban J connectivity index is 1.48. The molecule has 196 valence electrons. The fraction of sp³-hybridized carbons (Fsp3) is 0.655. The van der Waals surface area contributed by atoms with Crippen molar-refractivity contribution in [2.45, 2.75) is 89.8 Å². The first-order valence-electron chi connectivity index (χ1n) is 13.1. The number of ketones is 1. The van der Waals surface area contributed by atoms with E-state index in [2.05, 4.69) is 0 Å². The molecule has 1 unspecified atom stereocenters. The highest BCUT2D eigenvalue weighted by Gasteiger charge is 2.67. The molecule has 1 aliphatic heterocycles. The van der Waals surface area contributed by atoms with Crippen LogP contribution in [0.2, 0.25) is 0 Å². The van der Waals surface area contributed by atoms with Crippen molar-refractivity contribution in [2.75, 3.05) is 6.61 Å². The SMILES string of the molecule is CC1=C2[C@@H](O)C(=O)[C@@]3(C)C(C[C@](O)(C[C@@H]1OC(=O)CCc1ccccc1)C2(C)C)[C@@H]1CO[C@@H]1C[C@@H]3O. The molecular weight excluding hydrogens is 460 g/mol. The highest BCUT2D eigenvalue weighted by Crippen LogP contribution is 2.61. The normalized spacial score (nSPS) is 41.4. The third kappa shape index (κ3) is 3.70. The number of fused-ring (bicyclic) bond motifs is 5. The number of benzene rings is 1. The zero-order valence-electron chi connectivity index (χ0n) is 21.6. The molecule has 7 nitrogen and oxygen atoms in total. The van der Waals surface area contributed by atoms with Crippen LogP contribution in [-0.4, -0.2) is 63.7 Å². The third-order valence-corrected chi connectivity index (χ3v) is 10.0. The standard InChI is InChI=1S/C29H38O7/c1-16-21(36-23(31)11-10-17-8-6-5-7-9-17)14-29(34)13-19-18-15-35-20(18)12-22(30)28(19,4)26(33)25(32)24(16)27(29,2)3/h5-9,18-22,25,30,32,34H,10-15H2,1-4H3/t18-,19?,20+,21-,22-,25+,28-,29-/m0/s1. The summed E-state index contributed by atoms with van der Waals surface area (Å²) in [6.45, 7) is 7.68. The summed E-state index contributed by atoms with van der Waals surface area (Å²) in [6.07, 6.45) is -1.85. The lowest BCUT2D eigenvalue weighted by atomic mass is 9.47. The van der Waals surface area contributed by atoms with Crippen LogP contribution in [0.15, 0.2) is 41.5 Å². The second-order valence-corrected chi connectivity index (χ2v) is 12.1. The smallest absolute Gasteiger partial charge is 0.306 e. The maximum absolute atomic E-state index is 13.9. The van der Waals surface area contributed by atoms with Crippen molar-refractivity contribution in [3.8, 4) is 0 Å². The first-order valence-corrected chi connectivity index (χ1v) is 13.1. The van der Waals surface area contributed by atoms with Gasteiger partial charge in [0.25, 0.3) is 0 Å². The third-order valence-electron chi connectivity index (χ3n) is 10.0. The molecule has 1 aromatic rings. The van der Waals surface area contributed by atoms with Gasteiger partial charge < -0.3 is 24.8 Å². The highest BCUT2D eigenvalue weighted by atomic mass is 16.5. The number of hydrogen-bond donors (Lipinski definition) is 3. The summed E-state index contributed by atoms with van der Waals surface area (Å²) in [4.78, 5) is 26.7. The molecule has 5 rings (SSSR count). The lowest BCUT2D eigenvalue weighted by molar-refractivity contribution is -0.243. The van der Waals surface area contributed by atoms with E-state index in [1.165, 1.54) is 0 Å². The van der Waals surface area contributed by atoms with Crippen LogP contribution in [0.3, 0.4) is 0 Å². The van der Waals surface area contributed by atoms with Gasteiger partial charge in [0.1, 0.15) is 12.2 Å². The molecule has 1 saturated heterocycles. The van der Waals surface area contributed by atoms with E-state index in [0.717, 1.165) is 5.56 Å². The number of carbonyl (C=O) groups excluding carboxylic acids is 2. The Bertz CT molecular complexity index is 1080. The maximum Gasteiger partial charge on any atom is 0.306 e. The highest BCUT2D eigenvalue weighted by molar-refractivity contribution is 5.93. The number of aryl methyl sites for hydroxylation is 1. The van der Waals surface area contributed by atoms with Gasteiger partial charge in [-0.25, -0.2) is 0 Å². The minimum atomic E-state index is -1.50. The first kappa shape index (κ1) is 25.6. The summed E-state index contributed by atoms with van der Waals surface area (Å²) in [7, 11) is 0. The summed E-state index contributed by atoms with van der Waals surface area (Å²) in [6, 6.07) is 9.69. The number of aliphatic hydroxyl groups is 3. The Kier molecular flexibility index (Phi) is 6.22. The van der Waals surface area contributed by atoms with E-state index in [-0.39, 0.29) is 43.2 Å². The van der Waals surface area contributed by atoms with Crippen LogP contribution < -0.4 is 0 Å². The van der Waals surface area contributed by atoms with Gasteiger partial charge >= 0.3 is 5.97 Å². The predicted molar refractivity (Wildman–Crippen MR) is 132 cm³/mol. The van der Waals surface area contributed by atoms with Crippen LogP contribution in [-0.2, 0) is 25.5 Å². The Morgan fingerprint density at radius 3 is 2.47 bits per heavy atom.